The Bertz CT molecular complexity index is 2240. The van der Waals surface area contributed by atoms with E-state index in [1.807, 2.05) is 103 Å². The zero-order valence-electron chi connectivity index (χ0n) is 40.0. The Morgan fingerprint density at radius 1 is 0.864 bits per heavy atom. The van der Waals surface area contributed by atoms with Crippen LogP contribution < -0.4 is 10.6 Å². The van der Waals surface area contributed by atoms with Gasteiger partial charge in [0.05, 0.1) is 12.3 Å². The minimum Gasteiger partial charge on any atom is -0.461 e. The molecule has 3 amide bonds. The second kappa shape index (κ2) is 23.6. The van der Waals surface area contributed by atoms with Crippen LogP contribution in [0, 0.1) is 23.2 Å². The highest BCUT2D eigenvalue weighted by molar-refractivity contribution is 7.09. The Labute approximate surface area is 394 Å². The molecule has 0 radical (unpaired) electrons. The lowest BCUT2D eigenvalue weighted by Gasteiger charge is -2.37. The SMILES string of the molecule is C=CCOC(=O)[C@@H](C)C[C@H](Cc1ccccc1)NC(=O)c1csc([C@@H](C[C@H](C(C)C)N(C)C(=O)[C@@H](NC(=O)OCC2c3ccccc3-c3ccccc32)[C@@H](C)CC)OC(=O)CC(C)(C)C)n1. The maximum absolute atomic E-state index is 14.6. The Morgan fingerprint density at radius 2 is 1.48 bits per heavy atom. The molecule has 0 fully saturated rings. The molecule has 1 aliphatic rings. The summed E-state index contributed by atoms with van der Waals surface area (Å²) in [5.74, 6) is -2.54. The summed E-state index contributed by atoms with van der Waals surface area (Å²) in [7, 11) is 1.71. The highest BCUT2D eigenvalue weighted by Crippen LogP contribution is 2.44. The number of hydrogen-bond donors (Lipinski definition) is 2. The smallest absolute Gasteiger partial charge is 0.407 e. The molecule has 12 nitrogen and oxygen atoms in total. The van der Waals surface area contributed by atoms with E-state index in [4.69, 9.17) is 19.2 Å². The van der Waals surface area contributed by atoms with Gasteiger partial charge in [-0.25, -0.2) is 9.78 Å². The van der Waals surface area contributed by atoms with Crippen LogP contribution >= 0.6 is 11.3 Å². The van der Waals surface area contributed by atoms with Gasteiger partial charge in [-0.2, -0.15) is 0 Å². The lowest BCUT2D eigenvalue weighted by molar-refractivity contribution is -0.153. The second-order valence-corrected chi connectivity index (χ2v) is 19.9. The predicted octanol–water partition coefficient (Wildman–Crippen LogP) is 10.1. The van der Waals surface area contributed by atoms with Crippen LogP contribution in [0.25, 0.3) is 11.1 Å². The molecule has 0 bridgehead atoms. The number of carbonyl (C=O) groups excluding carboxylic acids is 5. The number of amides is 3. The number of benzene rings is 3. The maximum Gasteiger partial charge on any atom is 0.407 e. The van der Waals surface area contributed by atoms with E-state index in [1.165, 1.54) is 17.4 Å². The van der Waals surface area contributed by atoms with Gasteiger partial charge in [0.15, 0.2) is 6.10 Å². The van der Waals surface area contributed by atoms with E-state index >= 15 is 0 Å². The van der Waals surface area contributed by atoms with Gasteiger partial charge in [-0.1, -0.05) is 153 Å². The van der Waals surface area contributed by atoms with Gasteiger partial charge in [-0.15, -0.1) is 11.3 Å². The summed E-state index contributed by atoms with van der Waals surface area (Å²) in [6, 6.07) is 24.1. The van der Waals surface area contributed by atoms with Gasteiger partial charge in [0.1, 0.15) is 30.0 Å². The van der Waals surface area contributed by atoms with Crippen molar-refractivity contribution in [2.24, 2.45) is 23.2 Å². The van der Waals surface area contributed by atoms with Crippen LogP contribution in [0.15, 0.2) is 96.9 Å². The topological polar surface area (TPSA) is 153 Å². The Hall–Kier alpha value is -5.82. The summed E-state index contributed by atoms with van der Waals surface area (Å²) >= 11 is 1.20. The standard InChI is InChI=1S/C53H68N4O8S/c1-11-26-63-51(61)35(6)27-37(28-36-20-14-13-15-21-36)54-48(59)43-32-66-49(55-43)45(65-46(58)30-53(7,8)9)29-44(33(3)4)57(10)50(60)47(34(5)12-2)56-52(62)64-31-42-40-24-18-16-22-38(40)39-23-17-19-25-41(39)42/h11,13-25,32-35,37,42,44-45,47H,1,12,26-31H2,2-10H3,(H,54,59)(H,56,62)/t34-,35-,37+,44+,45+,47-/m0/s1. The number of aromatic nitrogens is 1. The molecule has 0 unspecified atom stereocenters. The molecule has 1 aliphatic carbocycles. The van der Waals surface area contributed by atoms with Crippen LogP contribution in [0.1, 0.15) is 125 Å². The Kier molecular flexibility index (Phi) is 18.3. The Balaban J connectivity index is 1.33. The van der Waals surface area contributed by atoms with E-state index in [1.54, 1.807) is 24.3 Å². The predicted molar refractivity (Wildman–Crippen MR) is 259 cm³/mol. The molecule has 5 rings (SSSR count). The fraction of sp³-hybridized carbons (Fsp3) is 0.472. The zero-order valence-corrected chi connectivity index (χ0v) is 40.8. The van der Waals surface area contributed by atoms with E-state index in [0.29, 0.717) is 24.3 Å². The average molecular weight is 921 g/mol. The van der Waals surface area contributed by atoms with Crippen molar-refractivity contribution in [1.82, 2.24) is 20.5 Å². The molecule has 0 saturated heterocycles. The number of thiazole rings is 1. The lowest BCUT2D eigenvalue weighted by atomic mass is 9.92. The number of alkyl carbamates (subject to hydrolysis) is 1. The van der Waals surface area contributed by atoms with Crippen molar-refractivity contribution in [3.63, 3.8) is 0 Å². The molecule has 6 atom stereocenters. The normalized spacial score (nSPS) is 14.9. The summed E-state index contributed by atoms with van der Waals surface area (Å²) in [6.07, 6.45) is 1.66. The summed E-state index contributed by atoms with van der Waals surface area (Å²) in [5.41, 5.74) is 5.18. The monoisotopic (exact) mass is 920 g/mol. The van der Waals surface area contributed by atoms with Crippen molar-refractivity contribution in [2.75, 3.05) is 20.3 Å². The lowest BCUT2D eigenvalue weighted by Crippen LogP contribution is -2.54. The summed E-state index contributed by atoms with van der Waals surface area (Å²) in [5, 5.41) is 8.04. The highest BCUT2D eigenvalue weighted by atomic mass is 32.1. The van der Waals surface area contributed by atoms with Crippen LogP contribution in [0.5, 0.6) is 0 Å². The molecule has 0 spiro atoms. The van der Waals surface area contributed by atoms with E-state index in [-0.39, 0.29) is 66.8 Å². The summed E-state index contributed by atoms with van der Waals surface area (Å²) in [6.45, 7) is 19.3. The molecule has 0 saturated carbocycles. The van der Waals surface area contributed by atoms with Crippen LogP contribution in [0.2, 0.25) is 0 Å². The van der Waals surface area contributed by atoms with Crippen molar-refractivity contribution in [2.45, 2.75) is 118 Å². The van der Waals surface area contributed by atoms with Gasteiger partial charge < -0.3 is 29.7 Å². The van der Waals surface area contributed by atoms with Gasteiger partial charge in [0, 0.05) is 36.9 Å². The molecule has 0 aliphatic heterocycles. The van der Waals surface area contributed by atoms with E-state index in [2.05, 4.69) is 41.5 Å². The number of fused-ring (bicyclic) bond motifs is 3. The number of rotatable bonds is 22. The number of esters is 2. The summed E-state index contributed by atoms with van der Waals surface area (Å²) < 4.78 is 17.4. The molecule has 1 aromatic heterocycles. The molecule has 354 valence electrons. The molecule has 1 heterocycles. The molecule has 2 N–H and O–H groups in total. The minimum absolute atomic E-state index is 0.0974. The van der Waals surface area contributed by atoms with E-state index in [9.17, 15) is 24.0 Å². The van der Waals surface area contributed by atoms with Crippen LogP contribution in [-0.4, -0.2) is 78.1 Å². The van der Waals surface area contributed by atoms with Crippen molar-refractivity contribution >= 4 is 41.2 Å². The Morgan fingerprint density at radius 3 is 2.08 bits per heavy atom. The van der Waals surface area contributed by atoms with E-state index < -0.39 is 48.1 Å². The van der Waals surface area contributed by atoms with Gasteiger partial charge >= 0.3 is 18.0 Å². The van der Waals surface area contributed by atoms with Crippen LogP contribution in [-0.2, 0) is 35.0 Å². The molecule has 3 aromatic carbocycles. The first-order valence-corrected chi connectivity index (χ1v) is 23.9. The van der Waals surface area contributed by atoms with Crippen molar-refractivity contribution in [3.05, 3.63) is 124 Å². The van der Waals surface area contributed by atoms with Crippen molar-refractivity contribution < 1.29 is 38.2 Å². The fourth-order valence-electron chi connectivity index (χ4n) is 8.46. The number of carbonyl (C=O) groups is 5. The third-order valence-electron chi connectivity index (χ3n) is 12.2. The highest BCUT2D eigenvalue weighted by Gasteiger charge is 2.37. The maximum atomic E-state index is 14.6. The van der Waals surface area contributed by atoms with Gasteiger partial charge in [-0.05, 0) is 57.9 Å². The van der Waals surface area contributed by atoms with Gasteiger partial charge in [0.25, 0.3) is 5.91 Å². The summed E-state index contributed by atoms with van der Waals surface area (Å²) in [4.78, 5) is 74.7. The molecular formula is C53H68N4O8S. The molecule has 4 aromatic rings. The first kappa shape index (κ1) is 51.2. The number of nitrogens with zero attached hydrogens (tertiary/aromatic N) is 2. The number of hydrogen-bond acceptors (Lipinski definition) is 10. The third kappa shape index (κ3) is 13.9. The average Bonchev–Trinajstić information content (AvgIpc) is 3.91. The quantitative estimate of drug-likeness (QED) is 0.0446. The molecular weight excluding hydrogens is 853 g/mol. The first-order chi connectivity index (χ1) is 31.4. The van der Waals surface area contributed by atoms with E-state index in [0.717, 1.165) is 27.8 Å². The largest absolute Gasteiger partial charge is 0.461 e. The molecule has 13 heteroatoms. The number of likely N-dealkylation sites (N-methyl/N-ethyl adjacent to an activating group) is 1. The molecule has 66 heavy (non-hydrogen) atoms. The van der Waals surface area contributed by atoms with Gasteiger partial charge in [0.2, 0.25) is 5.91 Å². The second-order valence-electron chi connectivity index (χ2n) is 19.0. The third-order valence-corrected chi connectivity index (χ3v) is 13.1. The van der Waals surface area contributed by atoms with Crippen molar-refractivity contribution in [3.8, 4) is 11.1 Å². The zero-order chi connectivity index (χ0) is 48.1. The number of ether oxygens (including phenoxy) is 3. The van der Waals surface area contributed by atoms with Gasteiger partial charge in [-0.3, -0.25) is 19.2 Å². The fourth-order valence-corrected chi connectivity index (χ4v) is 9.30. The van der Waals surface area contributed by atoms with Crippen LogP contribution in [0.3, 0.4) is 0 Å². The van der Waals surface area contributed by atoms with Crippen LogP contribution in [0.4, 0.5) is 4.79 Å². The minimum atomic E-state index is -0.899. The van der Waals surface area contributed by atoms with Crippen molar-refractivity contribution in [1.29, 1.82) is 0 Å². The first-order valence-electron chi connectivity index (χ1n) is 23.1. The number of nitrogens with one attached hydrogen (secondary N) is 2.